The van der Waals surface area contributed by atoms with Crippen molar-refractivity contribution in [2.45, 2.75) is 40.4 Å². The number of benzene rings is 2. The minimum absolute atomic E-state index is 0.323. The average Bonchev–Trinajstić information content (AvgIpc) is 2.68. The lowest BCUT2D eigenvalue weighted by molar-refractivity contribution is -0.123. The molecule has 0 fully saturated rings. The number of methoxy groups -OCH3 is 1. The van der Waals surface area contributed by atoms with Gasteiger partial charge in [0.15, 0.2) is 6.10 Å². The summed E-state index contributed by atoms with van der Waals surface area (Å²) in [6, 6.07) is 10.7. The molecule has 6 nitrogen and oxygen atoms in total. The van der Waals surface area contributed by atoms with E-state index < -0.39 is 12.1 Å². The third-order valence-electron chi connectivity index (χ3n) is 4.36. The van der Waals surface area contributed by atoms with Gasteiger partial charge in [-0.05, 0) is 57.0 Å². The van der Waals surface area contributed by atoms with Gasteiger partial charge in [0, 0.05) is 17.9 Å². The Morgan fingerprint density at radius 2 is 1.79 bits per heavy atom. The average molecular weight is 385 g/mol. The van der Waals surface area contributed by atoms with Gasteiger partial charge in [-0.15, -0.1) is 0 Å². The molecule has 0 aliphatic carbocycles. The first-order valence-electron chi connectivity index (χ1n) is 9.20. The Labute approximate surface area is 165 Å². The van der Waals surface area contributed by atoms with E-state index in [1.807, 2.05) is 39.0 Å². The fourth-order valence-electron chi connectivity index (χ4n) is 2.75. The summed E-state index contributed by atoms with van der Waals surface area (Å²) in [4.78, 5) is 25.0. The van der Waals surface area contributed by atoms with Crippen LogP contribution in [0.5, 0.6) is 5.75 Å². The maximum atomic E-state index is 12.5. The molecule has 0 aliphatic rings. The second kappa shape index (κ2) is 9.90. The second-order valence-electron chi connectivity index (χ2n) is 6.47. The number of anilines is 1. The van der Waals surface area contributed by atoms with Crippen molar-refractivity contribution in [3.05, 3.63) is 58.7 Å². The molecule has 0 saturated carbocycles. The van der Waals surface area contributed by atoms with Crippen LogP contribution < -0.4 is 10.1 Å². The van der Waals surface area contributed by atoms with Crippen LogP contribution in [0.3, 0.4) is 0 Å². The monoisotopic (exact) mass is 385 g/mol. The molecule has 0 heterocycles. The van der Waals surface area contributed by atoms with Crippen LogP contribution >= 0.6 is 0 Å². The molecule has 0 saturated heterocycles. The van der Waals surface area contributed by atoms with Gasteiger partial charge >= 0.3 is 5.97 Å². The number of carbonyl (C=O) groups is 2. The van der Waals surface area contributed by atoms with Crippen molar-refractivity contribution < 1.29 is 23.8 Å². The Hall–Kier alpha value is -2.86. The van der Waals surface area contributed by atoms with Gasteiger partial charge in [0.2, 0.25) is 0 Å². The highest BCUT2D eigenvalue weighted by Crippen LogP contribution is 2.22. The molecule has 0 aromatic heterocycles. The first kappa shape index (κ1) is 21.4. The molecule has 0 aliphatic heterocycles. The maximum Gasteiger partial charge on any atom is 0.338 e. The lowest BCUT2D eigenvalue weighted by Crippen LogP contribution is -2.30. The van der Waals surface area contributed by atoms with Crippen molar-refractivity contribution in [3.63, 3.8) is 0 Å². The first-order valence-corrected chi connectivity index (χ1v) is 9.20. The second-order valence-corrected chi connectivity index (χ2v) is 6.47. The zero-order valence-electron chi connectivity index (χ0n) is 17.0. The van der Waals surface area contributed by atoms with Crippen LogP contribution in [0.1, 0.15) is 40.9 Å². The van der Waals surface area contributed by atoms with E-state index in [4.69, 9.17) is 14.2 Å². The third-order valence-corrected chi connectivity index (χ3v) is 4.36. The summed E-state index contributed by atoms with van der Waals surface area (Å²) in [5.41, 5.74) is 3.71. The summed E-state index contributed by atoms with van der Waals surface area (Å²) in [7, 11) is 1.56. The molecule has 0 bridgehead atoms. The molecule has 1 amide bonds. The summed E-state index contributed by atoms with van der Waals surface area (Å²) < 4.78 is 16.0. The predicted octanol–water partition coefficient (Wildman–Crippen LogP) is 4.03. The number of hydrogen-bond donors (Lipinski definition) is 1. The summed E-state index contributed by atoms with van der Waals surface area (Å²) >= 11 is 0. The molecule has 2 rings (SSSR count). The number of rotatable bonds is 8. The molecule has 1 atom stereocenters. The van der Waals surface area contributed by atoms with Gasteiger partial charge in [-0.25, -0.2) is 4.79 Å². The molecule has 1 N–H and O–H groups in total. The van der Waals surface area contributed by atoms with E-state index in [9.17, 15) is 9.59 Å². The summed E-state index contributed by atoms with van der Waals surface area (Å²) in [6.07, 6.45) is -0.941. The fourth-order valence-corrected chi connectivity index (χ4v) is 2.75. The van der Waals surface area contributed by atoms with Gasteiger partial charge in [-0.3, -0.25) is 4.79 Å². The Morgan fingerprint density at radius 1 is 1.11 bits per heavy atom. The Kier molecular flexibility index (Phi) is 7.58. The van der Waals surface area contributed by atoms with Crippen molar-refractivity contribution >= 4 is 17.6 Å². The fraction of sp³-hybridized carbons (Fsp3) is 0.364. The number of nitrogens with one attached hydrogen (secondary N) is 1. The van der Waals surface area contributed by atoms with Crippen molar-refractivity contribution in [3.8, 4) is 5.75 Å². The molecule has 2 aromatic carbocycles. The number of ether oxygens (including phenoxy) is 3. The minimum Gasteiger partial charge on any atom is -0.496 e. The van der Waals surface area contributed by atoms with Gasteiger partial charge in [0.05, 0.1) is 19.3 Å². The highest BCUT2D eigenvalue weighted by Gasteiger charge is 2.21. The summed E-state index contributed by atoms with van der Waals surface area (Å²) in [5, 5.41) is 2.84. The molecule has 0 spiro atoms. The van der Waals surface area contributed by atoms with Gasteiger partial charge in [0.1, 0.15) is 5.75 Å². The lowest BCUT2D eigenvalue weighted by Gasteiger charge is -2.17. The molecule has 150 valence electrons. The zero-order valence-corrected chi connectivity index (χ0v) is 17.0. The molecular formula is C22H27NO5. The molecule has 6 heteroatoms. The highest BCUT2D eigenvalue weighted by molar-refractivity contribution is 5.98. The van der Waals surface area contributed by atoms with E-state index in [1.165, 1.54) is 0 Å². The summed E-state index contributed by atoms with van der Waals surface area (Å²) in [5.74, 6) is -0.329. The topological polar surface area (TPSA) is 73.9 Å². The number of amides is 1. The van der Waals surface area contributed by atoms with Gasteiger partial charge in [-0.2, -0.15) is 0 Å². The standard InChI is InChI=1S/C22H27NO5/c1-6-27-13-18-12-17(10-11-19(18)26-5)22(25)28-16(4)21(24)23-20-14(2)8-7-9-15(20)3/h7-12,16H,6,13H2,1-5H3,(H,23,24)/t16-/m1/s1. The Morgan fingerprint density at radius 3 is 2.39 bits per heavy atom. The number of aryl methyl sites for hydroxylation is 2. The van der Waals surface area contributed by atoms with Crippen LogP contribution in [0.4, 0.5) is 5.69 Å². The van der Waals surface area contributed by atoms with Crippen LogP contribution in [-0.2, 0) is 20.9 Å². The number of para-hydroxylation sites is 1. The van der Waals surface area contributed by atoms with Gasteiger partial charge < -0.3 is 19.5 Å². The normalized spacial score (nSPS) is 11.6. The van der Waals surface area contributed by atoms with E-state index in [-0.39, 0.29) is 5.91 Å². The zero-order chi connectivity index (χ0) is 20.7. The molecule has 28 heavy (non-hydrogen) atoms. The smallest absolute Gasteiger partial charge is 0.338 e. The van der Waals surface area contributed by atoms with Gasteiger partial charge in [0.25, 0.3) is 5.91 Å². The van der Waals surface area contributed by atoms with E-state index >= 15 is 0 Å². The summed E-state index contributed by atoms with van der Waals surface area (Å²) in [6.45, 7) is 8.14. The van der Waals surface area contributed by atoms with Crippen LogP contribution in [0.2, 0.25) is 0 Å². The molecule has 0 unspecified atom stereocenters. The quantitative estimate of drug-likeness (QED) is 0.695. The number of carbonyl (C=O) groups excluding carboxylic acids is 2. The first-order chi connectivity index (χ1) is 13.4. The molecule has 2 aromatic rings. The van der Waals surface area contributed by atoms with Crippen LogP contribution in [0.15, 0.2) is 36.4 Å². The largest absolute Gasteiger partial charge is 0.496 e. The van der Waals surface area contributed by atoms with Crippen molar-refractivity contribution in [2.24, 2.45) is 0 Å². The molecular weight excluding hydrogens is 358 g/mol. The third kappa shape index (κ3) is 5.33. The molecule has 0 radical (unpaired) electrons. The minimum atomic E-state index is -0.941. The van der Waals surface area contributed by atoms with E-state index in [0.717, 1.165) is 22.4 Å². The Bertz CT molecular complexity index is 827. The van der Waals surface area contributed by atoms with E-state index in [2.05, 4.69) is 5.32 Å². The Balaban J connectivity index is 2.08. The predicted molar refractivity (Wildman–Crippen MR) is 108 cm³/mol. The maximum absolute atomic E-state index is 12.5. The number of esters is 1. The van der Waals surface area contributed by atoms with Crippen LogP contribution in [0.25, 0.3) is 0 Å². The van der Waals surface area contributed by atoms with Crippen molar-refractivity contribution in [1.82, 2.24) is 0 Å². The van der Waals surface area contributed by atoms with Crippen LogP contribution in [0, 0.1) is 13.8 Å². The number of hydrogen-bond acceptors (Lipinski definition) is 5. The van der Waals surface area contributed by atoms with Crippen LogP contribution in [-0.4, -0.2) is 31.7 Å². The van der Waals surface area contributed by atoms with Crippen molar-refractivity contribution in [1.29, 1.82) is 0 Å². The lowest BCUT2D eigenvalue weighted by atomic mass is 10.1. The van der Waals surface area contributed by atoms with Crippen molar-refractivity contribution in [2.75, 3.05) is 19.0 Å². The van der Waals surface area contributed by atoms with E-state index in [1.54, 1.807) is 32.2 Å². The highest BCUT2D eigenvalue weighted by atomic mass is 16.5. The SMILES string of the molecule is CCOCc1cc(C(=O)O[C@H](C)C(=O)Nc2c(C)cccc2C)ccc1OC. The van der Waals surface area contributed by atoms with Gasteiger partial charge in [-0.1, -0.05) is 18.2 Å². The van der Waals surface area contributed by atoms with E-state index in [0.29, 0.717) is 24.5 Å².